The molecule has 0 bridgehead atoms. The molecule has 5 heteroatoms. The van der Waals surface area contributed by atoms with Crippen molar-refractivity contribution in [3.05, 3.63) is 34.2 Å². The summed E-state index contributed by atoms with van der Waals surface area (Å²) in [4.78, 5) is 18.9. The highest BCUT2D eigenvalue weighted by Crippen LogP contribution is 2.21. The highest BCUT2D eigenvalue weighted by Gasteiger charge is 2.11. The van der Waals surface area contributed by atoms with Crippen molar-refractivity contribution < 1.29 is 9.90 Å². The number of aromatic carboxylic acids is 1. The molecule has 0 saturated carbocycles. The van der Waals surface area contributed by atoms with E-state index in [1.54, 1.807) is 6.07 Å². The Kier molecular flexibility index (Phi) is 2.87. The van der Waals surface area contributed by atoms with Crippen molar-refractivity contribution in [2.75, 3.05) is 0 Å². The van der Waals surface area contributed by atoms with Crippen LogP contribution in [-0.4, -0.2) is 21.0 Å². The highest BCUT2D eigenvalue weighted by atomic mass is 79.9. The van der Waals surface area contributed by atoms with Gasteiger partial charge in [0, 0.05) is 9.86 Å². The quantitative estimate of drug-likeness (QED) is 0.919. The van der Waals surface area contributed by atoms with E-state index in [0.717, 1.165) is 15.6 Å². The molecule has 16 heavy (non-hydrogen) atoms. The summed E-state index contributed by atoms with van der Waals surface area (Å²) in [5.74, 6) is -1.24. The van der Waals surface area contributed by atoms with Crippen LogP contribution < -0.4 is 0 Å². The molecular weight excluding hydrogens is 272 g/mol. The third kappa shape index (κ3) is 1.90. The van der Waals surface area contributed by atoms with Gasteiger partial charge in [-0.1, -0.05) is 22.9 Å². The fraction of sp³-hybridized carbons (Fsp3) is 0.182. The van der Waals surface area contributed by atoms with Gasteiger partial charge in [0.05, 0.1) is 11.2 Å². The Morgan fingerprint density at radius 3 is 2.81 bits per heavy atom. The molecule has 4 nitrogen and oxygen atoms in total. The van der Waals surface area contributed by atoms with Crippen molar-refractivity contribution in [1.29, 1.82) is 0 Å². The molecule has 0 aliphatic heterocycles. The van der Waals surface area contributed by atoms with Gasteiger partial charge in [0.25, 0.3) is 0 Å². The van der Waals surface area contributed by atoms with Gasteiger partial charge in [-0.25, -0.2) is 14.8 Å². The molecule has 0 unspecified atom stereocenters. The third-order valence-corrected chi connectivity index (χ3v) is 2.76. The minimum atomic E-state index is -1.10. The first-order valence-corrected chi connectivity index (χ1v) is 5.60. The Bertz CT molecular complexity index is 569. The zero-order valence-electron chi connectivity index (χ0n) is 8.57. The number of aryl methyl sites for hydroxylation is 1. The maximum absolute atomic E-state index is 10.8. The summed E-state index contributed by atoms with van der Waals surface area (Å²) >= 11 is 3.37. The topological polar surface area (TPSA) is 63.1 Å². The summed E-state index contributed by atoms with van der Waals surface area (Å²) in [6.07, 6.45) is 0.676. The van der Waals surface area contributed by atoms with Crippen LogP contribution in [0.4, 0.5) is 0 Å². The minimum Gasteiger partial charge on any atom is -0.475 e. The molecule has 1 N–H and O–H groups in total. The Hall–Kier alpha value is -1.49. The maximum Gasteiger partial charge on any atom is 0.373 e. The third-order valence-electron chi connectivity index (χ3n) is 2.26. The Labute approximate surface area is 100 Å². The van der Waals surface area contributed by atoms with Gasteiger partial charge in [-0.15, -0.1) is 0 Å². The van der Waals surface area contributed by atoms with Gasteiger partial charge in [-0.3, -0.25) is 0 Å². The van der Waals surface area contributed by atoms with E-state index in [1.165, 1.54) is 0 Å². The second-order valence-electron chi connectivity index (χ2n) is 3.31. The molecule has 82 valence electrons. The van der Waals surface area contributed by atoms with Gasteiger partial charge in [-0.2, -0.15) is 0 Å². The molecule has 2 aromatic rings. The first-order valence-electron chi connectivity index (χ1n) is 4.81. The standard InChI is InChI=1S/C11H9BrN2O2/c1-2-8-7-5-6(12)3-4-9(7)14-10(13-8)11(15)16/h3-5H,2H2,1H3,(H,15,16). The SMILES string of the molecule is CCc1nc(C(=O)O)nc2ccc(Br)cc12. The number of hydrogen-bond donors (Lipinski definition) is 1. The van der Waals surface area contributed by atoms with E-state index in [0.29, 0.717) is 11.9 Å². The number of fused-ring (bicyclic) bond motifs is 1. The van der Waals surface area contributed by atoms with Gasteiger partial charge < -0.3 is 5.11 Å². The second kappa shape index (κ2) is 4.17. The average Bonchev–Trinajstić information content (AvgIpc) is 2.27. The van der Waals surface area contributed by atoms with E-state index in [2.05, 4.69) is 25.9 Å². The fourth-order valence-electron chi connectivity index (χ4n) is 1.53. The van der Waals surface area contributed by atoms with Gasteiger partial charge in [0.1, 0.15) is 0 Å². The molecular formula is C11H9BrN2O2. The van der Waals surface area contributed by atoms with Crippen LogP contribution in [0.3, 0.4) is 0 Å². The predicted octanol–water partition coefficient (Wildman–Crippen LogP) is 2.65. The molecule has 0 amide bonds. The largest absolute Gasteiger partial charge is 0.475 e. The van der Waals surface area contributed by atoms with Crippen LogP contribution in [0.2, 0.25) is 0 Å². The molecule has 1 heterocycles. The number of halogens is 1. The lowest BCUT2D eigenvalue weighted by molar-refractivity contribution is 0.0683. The van der Waals surface area contributed by atoms with Crippen LogP contribution in [0.1, 0.15) is 23.2 Å². The Balaban J connectivity index is 2.78. The first kappa shape index (κ1) is 11.0. The van der Waals surface area contributed by atoms with Crippen molar-refractivity contribution in [1.82, 2.24) is 9.97 Å². The van der Waals surface area contributed by atoms with Crippen LogP contribution in [0, 0.1) is 0 Å². The van der Waals surface area contributed by atoms with E-state index >= 15 is 0 Å². The zero-order chi connectivity index (χ0) is 11.7. The number of hydrogen-bond acceptors (Lipinski definition) is 3. The van der Waals surface area contributed by atoms with Crippen LogP contribution >= 0.6 is 15.9 Å². The smallest absolute Gasteiger partial charge is 0.373 e. The van der Waals surface area contributed by atoms with E-state index in [9.17, 15) is 4.79 Å². The van der Waals surface area contributed by atoms with Gasteiger partial charge in [0.15, 0.2) is 0 Å². The number of carboxylic acid groups (broad SMARTS) is 1. The highest BCUT2D eigenvalue weighted by molar-refractivity contribution is 9.10. The number of rotatable bonds is 2. The number of carbonyl (C=O) groups is 1. The molecule has 0 fully saturated rings. The Morgan fingerprint density at radius 2 is 2.19 bits per heavy atom. The summed E-state index contributed by atoms with van der Waals surface area (Å²) in [5.41, 5.74) is 1.41. The van der Waals surface area contributed by atoms with Crippen molar-refractivity contribution in [3.63, 3.8) is 0 Å². The molecule has 0 aliphatic rings. The van der Waals surface area contributed by atoms with Crippen LogP contribution in [0.25, 0.3) is 10.9 Å². The number of benzene rings is 1. The van der Waals surface area contributed by atoms with E-state index in [1.807, 2.05) is 19.1 Å². The molecule has 0 saturated heterocycles. The predicted molar refractivity (Wildman–Crippen MR) is 63.6 cm³/mol. The summed E-state index contributed by atoms with van der Waals surface area (Å²) in [5, 5.41) is 9.78. The summed E-state index contributed by atoms with van der Waals surface area (Å²) < 4.78 is 0.932. The van der Waals surface area contributed by atoms with Crippen molar-refractivity contribution in [2.45, 2.75) is 13.3 Å². The molecule has 2 rings (SSSR count). The molecule has 0 aliphatic carbocycles. The fourth-order valence-corrected chi connectivity index (χ4v) is 1.89. The lowest BCUT2D eigenvalue weighted by Crippen LogP contribution is -2.07. The molecule has 0 spiro atoms. The summed E-state index contributed by atoms with van der Waals surface area (Å²) in [6.45, 7) is 1.94. The van der Waals surface area contributed by atoms with Gasteiger partial charge in [-0.05, 0) is 24.6 Å². The normalized spacial score (nSPS) is 10.6. The Morgan fingerprint density at radius 1 is 1.44 bits per heavy atom. The maximum atomic E-state index is 10.8. The number of carboxylic acids is 1. The zero-order valence-corrected chi connectivity index (χ0v) is 10.2. The summed E-state index contributed by atoms with van der Waals surface area (Å²) in [6, 6.07) is 5.52. The van der Waals surface area contributed by atoms with E-state index in [4.69, 9.17) is 5.11 Å². The van der Waals surface area contributed by atoms with Crippen LogP contribution in [0.5, 0.6) is 0 Å². The van der Waals surface area contributed by atoms with Crippen molar-refractivity contribution in [2.24, 2.45) is 0 Å². The monoisotopic (exact) mass is 280 g/mol. The van der Waals surface area contributed by atoms with Gasteiger partial charge in [0.2, 0.25) is 5.82 Å². The molecule has 0 atom stereocenters. The van der Waals surface area contributed by atoms with Crippen molar-refractivity contribution in [3.8, 4) is 0 Å². The van der Waals surface area contributed by atoms with Crippen LogP contribution in [0.15, 0.2) is 22.7 Å². The molecule has 1 aromatic carbocycles. The average molecular weight is 281 g/mol. The lowest BCUT2D eigenvalue weighted by Gasteiger charge is -2.05. The van der Waals surface area contributed by atoms with Crippen molar-refractivity contribution >= 4 is 32.8 Å². The first-order chi connectivity index (χ1) is 7.61. The van der Waals surface area contributed by atoms with Gasteiger partial charge >= 0.3 is 5.97 Å². The summed E-state index contributed by atoms with van der Waals surface area (Å²) in [7, 11) is 0. The second-order valence-corrected chi connectivity index (χ2v) is 4.23. The molecule has 1 aromatic heterocycles. The number of nitrogens with zero attached hydrogens (tertiary/aromatic N) is 2. The number of aromatic nitrogens is 2. The minimum absolute atomic E-state index is 0.147. The van der Waals surface area contributed by atoms with E-state index < -0.39 is 5.97 Å². The molecule has 0 radical (unpaired) electrons. The lowest BCUT2D eigenvalue weighted by atomic mass is 10.1. The van der Waals surface area contributed by atoms with E-state index in [-0.39, 0.29) is 5.82 Å². The van der Waals surface area contributed by atoms with Crippen LogP contribution in [-0.2, 0) is 6.42 Å².